The lowest BCUT2D eigenvalue weighted by Crippen LogP contribution is -2.29. The molecule has 3 rings (SSSR count). The summed E-state index contributed by atoms with van der Waals surface area (Å²) in [6.45, 7) is 9.93. The highest BCUT2D eigenvalue weighted by Crippen LogP contribution is 2.36. The number of hydrogen-bond acceptors (Lipinski definition) is 3. The second-order valence-corrected chi connectivity index (χ2v) is 9.80. The average Bonchev–Trinajstić information content (AvgIpc) is 3.53. The lowest BCUT2D eigenvalue weighted by atomic mass is 9.72. The third-order valence-corrected chi connectivity index (χ3v) is 7.04. The molecule has 0 spiro atoms. The Bertz CT molecular complexity index is 760. The number of ketones is 3. The van der Waals surface area contributed by atoms with E-state index in [0.29, 0.717) is 12.3 Å². The van der Waals surface area contributed by atoms with Crippen LogP contribution in [0.2, 0.25) is 0 Å². The van der Waals surface area contributed by atoms with Gasteiger partial charge in [-0.15, -0.1) is 0 Å². The second kappa shape index (κ2) is 12.3. The molecule has 0 aliphatic heterocycles. The molecule has 0 saturated heterocycles. The van der Waals surface area contributed by atoms with Gasteiger partial charge in [0.2, 0.25) is 0 Å². The normalized spacial score (nSPS) is 19.6. The number of rotatable bonds is 10. The monoisotopic (exact) mass is 426 g/mol. The van der Waals surface area contributed by atoms with Crippen LogP contribution in [0.3, 0.4) is 0 Å². The molecule has 1 saturated carbocycles. The summed E-state index contributed by atoms with van der Waals surface area (Å²) < 4.78 is 0. The molecule has 0 N–H and O–H groups in total. The van der Waals surface area contributed by atoms with E-state index < -0.39 is 0 Å². The first-order valence-electron chi connectivity index (χ1n) is 12.4. The molecule has 0 bridgehead atoms. The number of Topliss-reactive ketones (excluding diaryl/α,β-unsaturated/α-hetero) is 3. The van der Waals surface area contributed by atoms with Gasteiger partial charge in [0.25, 0.3) is 0 Å². The Morgan fingerprint density at radius 2 is 1.77 bits per heavy atom. The first-order valence-corrected chi connectivity index (χ1v) is 12.4. The van der Waals surface area contributed by atoms with Gasteiger partial charge in [-0.2, -0.15) is 0 Å². The van der Waals surface area contributed by atoms with E-state index in [4.69, 9.17) is 0 Å². The first-order chi connectivity index (χ1) is 14.8. The van der Waals surface area contributed by atoms with E-state index in [2.05, 4.69) is 19.9 Å². The molecule has 3 atom stereocenters. The van der Waals surface area contributed by atoms with Crippen LogP contribution in [-0.2, 0) is 16.0 Å². The molecule has 0 aromatic heterocycles. The Labute approximate surface area is 189 Å². The summed E-state index contributed by atoms with van der Waals surface area (Å²) in [5.41, 5.74) is 3.14. The fourth-order valence-electron chi connectivity index (χ4n) is 5.22. The van der Waals surface area contributed by atoms with Gasteiger partial charge >= 0.3 is 0 Å². The molecule has 3 heteroatoms. The SMILES string of the molecule is CCC1CC1.CCCC(CC1CC(=O)c2c(C)cccc2C1)C(CC)C(=O)CC(C)=O. The van der Waals surface area contributed by atoms with E-state index in [1.807, 2.05) is 26.0 Å². The second-order valence-electron chi connectivity index (χ2n) is 9.80. The predicted octanol–water partition coefficient (Wildman–Crippen LogP) is 6.93. The average molecular weight is 427 g/mol. The summed E-state index contributed by atoms with van der Waals surface area (Å²) in [6.07, 6.45) is 9.65. The lowest BCUT2D eigenvalue weighted by molar-refractivity contribution is -0.129. The van der Waals surface area contributed by atoms with Crippen molar-refractivity contribution in [3.05, 3.63) is 34.9 Å². The zero-order chi connectivity index (χ0) is 23.0. The minimum Gasteiger partial charge on any atom is -0.300 e. The van der Waals surface area contributed by atoms with E-state index in [9.17, 15) is 14.4 Å². The molecular formula is C28H42O3. The highest BCUT2D eigenvalue weighted by molar-refractivity contribution is 6.00. The maximum Gasteiger partial charge on any atom is 0.163 e. The Morgan fingerprint density at radius 1 is 1.06 bits per heavy atom. The molecule has 0 radical (unpaired) electrons. The standard InChI is InChI=1S/C23H32O3.C5H10/c1-5-8-18(20(6-2)21(25)11-16(4)24)12-17-13-19-10-7-9-15(3)23(19)22(26)14-17;1-2-5-3-4-5/h7,9-10,17-18,20H,5-6,8,11-14H2,1-4H3;5H,2-4H2,1H3. The smallest absolute Gasteiger partial charge is 0.163 e. The molecule has 1 aromatic carbocycles. The fourth-order valence-corrected chi connectivity index (χ4v) is 5.22. The Morgan fingerprint density at radius 3 is 2.29 bits per heavy atom. The molecule has 3 nitrogen and oxygen atoms in total. The van der Waals surface area contributed by atoms with Crippen LogP contribution in [0.15, 0.2) is 18.2 Å². The third-order valence-electron chi connectivity index (χ3n) is 7.04. The molecule has 2 aliphatic rings. The summed E-state index contributed by atoms with van der Waals surface area (Å²) in [5, 5.41) is 0. The van der Waals surface area contributed by atoms with E-state index in [1.165, 1.54) is 26.2 Å². The maximum absolute atomic E-state index is 12.7. The van der Waals surface area contributed by atoms with Crippen LogP contribution in [0.1, 0.15) is 107 Å². The molecular weight excluding hydrogens is 384 g/mol. The number of hydrogen-bond donors (Lipinski definition) is 0. The molecule has 1 fully saturated rings. The molecule has 31 heavy (non-hydrogen) atoms. The largest absolute Gasteiger partial charge is 0.300 e. The van der Waals surface area contributed by atoms with Gasteiger partial charge in [0.1, 0.15) is 11.6 Å². The van der Waals surface area contributed by atoms with Gasteiger partial charge in [-0.25, -0.2) is 0 Å². The van der Waals surface area contributed by atoms with E-state index >= 15 is 0 Å². The molecule has 0 heterocycles. The number of fused-ring (bicyclic) bond motifs is 1. The summed E-state index contributed by atoms with van der Waals surface area (Å²) in [4.78, 5) is 36.6. The topological polar surface area (TPSA) is 51.2 Å². The third kappa shape index (κ3) is 7.70. The van der Waals surface area contributed by atoms with Gasteiger partial charge in [-0.3, -0.25) is 14.4 Å². The van der Waals surface area contributed by atoms with Crippen LogP contribution < -0.4 is 0 Å². The van der Waals surface area contributed by atoms with Gasteiger partial charge in [-0.05, 0) is 62.0 Å². The number of aryl methyl sites for hydroxylation is 1. The van der Waals surface area contributed by atoms with Crippen molar-refractivity contribution in [2.45, 2.75) is 98.8 Å². The zero-order valence-electron chi connectivity index (χ0n) is 20.3. The van der Waals surface area contributed by atoms with Crippen LogP contribution in [0.25, 0.3) is 0 Å². The summed E-state index contributed by atoms with van der Waals surface area (Å²) in [7, 11) is 0. The highest BCUT2D eigenvalue weighted by atomic mass is 16.1. The Balaban J connectivity index is 0.000000597. The predicted molar refractivity (Wildman–Crippen MR) is 127 cm³/mol. The highest BCUT2D eigenvalue weighted by Gasteiger charge is 2.32. The van der Waals surface area contributed by atoms with Gasteiger partial charge in [0.15, 0.2) is 5.78 Å². The summed E-state index contributed by atoms with van der Waals surface area (Å²) >= 11 is 0. The van der Waals surface area contributed by atoms with Crippen LogP contribution in [0, 0.1) is 30.6 Å². The minimum atomic E-state index is -0.0622. The van der Waals surface area contributed by atoms with Crippen LogP contribution >= 0.6 is 0 Å². The van der Waals surface area contributed by atoms with Crippen molar-refractivity contribution >= 4 is 17.3 Å². The van der Waals surface area contributed by atoms with Gasteiger partial charge in [-0.1, -0.05) is 71.1 Å². The maximum atomic E-state index is 12.7. The minimum absolute atomic E-state index is 0.0460. The molecule has 1 aromatic rings. The van der Waals surface area contributed by atoms with Crippen molar-refractivity contribution in [2.24, 2.45) is 23.7 Å². The van der Waals surface area contributed by atoms with E-state index in [-0.39, 0.29) is 35.6 Å². The van der Waals surface area contributed by atoms with Crippen LogP contribution in [-0.4, -0.2) is 17.3 Å². The fraction of sp³-hybridized carbons (Fsp3) is 0.679. The van der Waals surface area contributed by atoms with Crippen molar-refractivity contribution in [2.75, 3.05) is 0 Å². The summed E-state index contributed by atoms with van der Waals surface area (Å²) in [5.74, 6) is 1.90. The molecule has 0 amide bonds. The van der Waals surface area contributed by atoms with Crippen molar-refractivity contribution < 1.29 is 14.4 Å². The van der Waals surface area contributed by atoms with E-state index in [0.717, 1.165) is 54.7 Å². The number of carbonyl (C=O) groups is 3. The Kier molecular flexibility index (Phi) is 10.1. The number of carbonyl (C=O) groups excluding carboxylic acids is 3. The van der Waals surface area contributed by atoms with Crippen LogP contribution in [0.5, 0.6) is 0 Å². The summed E-state index contributed by atoms with van der Waals surface area (Å²) in [6, 6.07) is 6.10. The lowest BCUT2D eigenvalue weighted by Gasteiger charge is -2.31. The first kappa shape index (κ1) is 25.5. The molecule has 3 unspecified atom stereocenters. The quantitative estimate of drug-likeness (QED) is 0.381. The molecule has 172 valence electrons. The van der Waals surface area contributed by atoms with Gasteiger partial charge in [0, 0.05) is 17.9 Å². The van der Waals surface area contributed by atoms with Crippen LogP contribution in [0.4, 0.5) is 0 Å². The van der Waals surface area contributed by atoms with Crippen molar-refractivity contribution in [3.8, 4) is 0 Å². The van der Waals surface area contributed by atoms with Gasteiger partial charge < -0.3 is 0 Å². The van der Waals surface area contributed by atoms with Crippen molar-refractivity contribution in [3.63, 3.8) is 0 Å². The molecule has 2 aliphatic carbocycles. The number of benzene rings is 1. The van der Waals surface area contributed by atoms with Crippen molar-refractivity contribution in [1.82, 2.24) is 0 Å². The van der Waals surface area contributed by atoms with Gasteiger partial charge in [0.05, 0.1) is 6.42 Å². The zero-order valence-corrected chi connectivity index (χ0v) is 20.3. The van der Waals surface area contributed by atoms with Crippen molar-refractivity contribution in [1.29, 1.82) is 0 Å². The Hall–Kier alpha value is -1.77. The van der Waals surface area contributed by atoms with E-state index in [1.54, 1.807) is 0 Å².